The van der Waals surface area contributed by atoms with Crippen molar-refractivity contribution < 1.29 is 5.11 Å². The first kappa shape index (κ1) is 11.0. The minimum absolute atomic E-state index is 0.144. The van der Waals surface area contributed by atoms with Gasteiger partial charge in [0.2, 0.25) is 0 Å². The third kappa shape index (κ3) is 2.76. The van der Waals surface area contributed by atoms with Crippen LogP contribution in [0.25, 0.3) is 0 Å². The summed E-state index contributed by atoms with van der Waals surface area (Å²) in [5, 5.41) is 9.22. The summed E-state index contributed by atoms with van der Waals surface area (Å²) >= 11 is 1.97. The first-order chi connectivity index (χ1) is 7.27. The number of thioether (sulfide) groups is 1. The molecular formula is C13H18OS. The van der Waals surface area contributed by atoms with E-state index in [1.807, 2.05) is 18.7 Å². The van der Waals surface area contributed by atoms with E-state index in [4.69, 9.17) is 0 Å². The lowest BCUT2D eigenvalue weighted by Gasteiger charge is -2.11. The second-order valence-corrected chi connectivity index (χ2v) is 5.39. The predicted molar refractivity (Wildman–Crippen MR) is 65.4 cm³/mol. The van der Waals surface area contributed by atoms with Crippen molar-refractivity contribution in [1.29, 1.82) is 0 Å². The Morgan fingerprint density at radius 2 is 2.27 bits per heavy atom. The van der Waals surface area contributed by atoms with Crippen LogP contribution in [0.2, 0.25) is 0 Å². The molecule has 2 heteroatoms. The SMILES string of the molecule is CC(O)CCCC1CSc2ccccc21. The van der Waals surface area contributed by atoms with E-state index >= 15 is 0 Å². The Hall–Kier alpha value is -0.470. The van der Waals surface area contributed by atoms with Gasteiger partial charge in [-0.2, -0.15) is 0 Å². The maximum atomic E-state index is 9.22. The van der Waals surface area contributed by atoms with Crippen LogP contribution in [0.3, 0.4) is 0 Å². The molecule has 0 radical (unpaired) electrons. The number of hydrogen-bond donors (Lipinski definition) is 1. The molecule has 1 aliphatic rings. The van der Waals surface area contributed by atoms with Crippen LogP contribution in [0.15, 0.2) is 29.2 Å². The van der Waals surface area contributed by atoms with E-state index in [-0.39, 0.29) is 6.10 Å². The van der Waals surface area contributed by atoms with Crippen molar-refractivity contribution in [2.75, 3.05) is 5.75 Å². The maximum Gasteiger partial charge on any atom is 0.0512 e. The van der Waals surface area contributed by atoms with Crippen LogP contribution in [0.1, 0.15) is 37.7 Å². The number of benzene rings is 1. The molecule has 0 spiro atoms. The average molecular weight is 222 g/mol. The molecule has 0 aromatic heterocycles. The topological polar surface area (TPSA) is 20.2 Å². The molecule has 0 saturated heterocycles. The minimum atomic E-state index is -0.144. The highest BCUT2D eigenvalue weighted by Crippen LogP contribution is 2.41. The fraction of sp³-hybridized carbons (Fsp3) is 0.538. The number of hydrogen-bond acceptors (Lipinski definition) is 2. The van der Waals surface area contributed by atoms with Crippen LogP contribution in [-0.2, 0) is 0 Å². The summed E-state index contributed by atoms with van der Waals surface area (Å²) in [5.41, 5.74) is 1.52. The Morgan fingerprint density at radius 1 is 1.47 bits per heavy atom. The molecule has 0 bridgehead atoms. The molecular weight excluding hydrogens is 204 g/mol. The van der Waals surface area contributed by atoms with E-state index in [1.165, 1.54) is 22.6 Å². The molecule has 0 fully saturated rings. The molecule has 82 valence electrons. The molecule has 0 saturated carbocycles. The molecule has 0 amide bonds. The largest absolute Gasteiger partial charge is 0.393 e. The molecule has 2 unspecified atom stereocenters. The van der Waals surface area contributed by atoms with Gasteiger partial charge in [-0.25, -0.2) is 0 Å². The van der Waals surface area contributed by atoms with Gasteiger partial charge in [0.15, 0.2) is 0 Å². The summed E-state index contributed by atoms with van der Waals surface area (Å²) in [6.07, 6.45) is 3.14. The van der Waals surface area contributed by atoms with E-state index in [0.717, 1.165) is 12.8 Å². The Labute approximate surface area is 95.9 Å². The fourth-order valence-electron chi connectivity index (χ4n) is 2.13. The highest BCUT2D eigenvalue weighted by atomic mass is 32.2. The number of rotatable bonds is 4. The molecule has 2 atom stereocenters. The van der Waals surface area contributed by atoms with E-state index < -0.39 is 0 Å². The van der Waals surface area contributed by atoms with Gasteiger partial charge >= 0.3 is 0 Å². The molecule has 1 heterocycles. The van der Waals surface area contributed by atoms with Crippen molar-refractivity contribution in [3.8, 4) is 0 Å². The van der Waals surface area contributed by atoms with E-state index in [9.17, 15) is 5.11 Å². The lowest BCUT2D eigenvalue weighted by molar-refractivity contribution is 0.180. The first-order valence-electron chi connectivity index (χ1n) is 5.67. The Balaban J connectivity index is 1.90. The highest BCUT2D eigenvalue weighted by Gasteiger charge is 2.21. The van der Waals surface area contributed by atoms with Crippen molar-refractivity contribution >= 4 is 11.8 Å². The van der Waals surface area contributed by atoms with Crippen LogP contribution in [0.5, 0.6) is 0 Å². The number of aliphatic hydroxyl groups is 1. The summed E-state index contributed by atoms with van der Waals surface area (Å²) < 4.78 is 0. The van der Waals surface area contributed by atoms with Gasteiger partial charge in [0, 0.05) is 10.6 Å². The van der Waals surface area contributed by atoms with Crippen LogP contribution < -0.4 is 0 Å². The average Bonchev–Trinajstić information content (AvgIpc) is 2.62. The second-order valence-electron chi connectivity index (χ2n) is 4.33. The van der Waals surface area contributed by atoms with Gasteiger partial charge in [-0.05, 0) is 37.3 Å². The summed E-state index contributed by atoms with van der Waals surface area (Å²) in [4.78, 5) is 1.46. The van der Waals surface area contributed by atoms with Crippen molar-refractivity contribution in [3.05, 3.63) is 29.8 Å². The van der Waals surface area contributed by atoms with Crippen molar-refractivity contribution in [1.82, 2.24) is 0 Å². The fourth-order valence-corrected chi connectivity index (χ4v) is 3.43. The summed E-state index contributed by atoms with van der Waals surface area (Å²) in [5.74, 6) is 1.93. The van der Waals surface area contributed by atoms with Gasteiger partial charge in [-0.15, -0.1) is 11.8 Å². The lowest BCUT2D eigenvalue weighted by Crippen LogP contribution is -2.02. The second kappa shape index (κ2) is 5.04. The zero-order chi connectivity index (χ0) is 10.7. The Kier molecular flexibility index (Phi) is 3.71. The van der Waals surface area contributed by atoms with Crippen molar-refractivity contribution in [2.45, 2.75) is 43.1 Å². The summed E-state index contributed by atoms with van der Waals surface area (Å²) in [7, 11) is 0. The monoisotopic (exact) mass is 222 g/mol. The molecule has 15 heavy (non-hydrogen) atoms. The van der Waals surface area contributed by atoms with E-state index in [2.05, 4.69) is 24.3 Å². The van der Waals surface area contributed by atoms with Gasteiger partial charge in [0.05, 0.1) is 6.10 Å². The quantitative estimate of drug-likeness (QED) is 0.842. The smallest absolute Gasteiger partial charge is 0.0512 e. The van der Waals surface area contributed by atoms with Gasteiger partial charge in [-0.3, -0.25) is 0 Å². The summed E-state index contributed by atoms with van der Waals surface area (Å²) in [6.45, 7) is 1.87. The van der Waals surface area contributed by atoms with Gasteiger partial charge in [0.25, 0.3) is 0 Å². The molecule has 1 aromatic carbocycles. The highest BCUT2D eigenvalue weighted by molar-refractivity contribution is 7.99. The molecule has 1 N–H and O–H groups in total. The van der Waals surface area contributed by atoms with Crippen LogP contribution in [0.4, 0.5) is 0 Å². The van der Waals surface area contributed by atoms with E-state index in [0.29, 0.717) is 5.92 Å². The predicted octanol–water partition coefficient (Wildman–Crippen LogP) is 3.43. The zero-order valence-electron chi connectivity index (χ0n) is 9.15. The maximum absolute atomic E-state index is 9.22. The first-order valence-corrected chi connectivity index (χ1v) is 6.65. The standard InChI is InChI=1S/C13H18OS/c1-10(14)5-4-6-11-9-15-13-8-3-2-7-12(11)13/h2-3,7-8,10-11,14H,4-6,9H2,1H3. The van der Waals surface area contributed by atoms with Crippen molar-refractivity contribution in [2.24, 2.45) is 0 Å². The molecule has 0 aliphatic carbocycles. The van der Waals surface area contributed by atoms with Gasteiger partial charge < -0.3 is 5.11 Å². The number of fused-ring (bicyclic) bond motifs is 1. The van der Waals surface area contributed by atoms with Gasteiger partial charge in [0.1, 0.15) is 0 Å². The van der Waals surface area contributed by atoms with Crippen LogP contribution in [0, 0.1) is 0 Å². The Bertz CT molecular complexity index is 322. The third-order valence-corrected chi connectivity index (χ3v) is 4.23. The lowest BCUT2D eigenvalue weighted by atomic mass is 9.95. The normalized spacial score (nSPS) is 21.3. The van der Waals surface area contributed by atoms with Crippen molar-refractivity contribution in [3.63, 3.8) is 0 Å². The third-order valence-electron chi connectivity index (χ3n) is 2.97. The minimum Gasteiger partial charge on any atom is -0.393 e. The summed E-state index contributed by atoms with van der Waals surface area (Å²) in [6, 6.07) is 8.72. The molecule has 1 aromatic rings. The van der Waals surface area contributed by atoms with Crippen LogP contribution >= 0.6 is 11.8 Å². The zero-order valence-corrected chi connectivity index (χ0v) is 9.96. The van der Waals surface area contributed by atoms with E-state index in [1.54, 1.807) is 0 Å². The molecule has 1 aliphatic heterocycles. The number of aliphatic hydroxyl groups excluding tert-OH is 1. The molecule has 1 nitrogen and oxygen atoms in total. The molecule has 2 rings (SSSR count). The Morgan fingerprint density at radius 3 is 3.07 bits per heavy atom. The van der Waals surface area contributed by atoms with Gasteiger partial charge in [-0.1, -0.05) is 24.6 Å². The van der Waals surface area contributed by atoms with Crippen LogP contribution in [-0.4, -0.2) is 17.0 Å².